The lowest BCUT2D eigenvalue weighted by atomic mass is 10.2. The minimum absolute atomic E-state index is 0.00827. The van der Waals surface area contributed by atoms with Crippen LogP contribution in [0.3, 0.4) is 0 Å². The Labute approximate surface area is 150 Å². The number of fused-ring (bicyclic) bond motifs is 1. The Balaban J connectivity index is 2.01. The van der Waals surface area contributed by atoms with Crippen LogP contribution in [0.15, 0.2) is 48.5 Å². The van der Waals surface area contributed by atoms with Gasteiger partial charge < -0.3 is 15.4 Å². The molecule has 0 aliphatic carbocycles. The molecule has 0 bridgehead atoms. The first-order chi connectivity index (χ1) is 12.6. The topological polar surface area (TPSA) is 93.2 Å². The Hall–Kier alpha value is -3.48. The van der Waals surface area contributed by atoms with Gasteiger partial charge >= 0.3 is 5.97 Å². The van der Waals surface area contributed by atoms with Crippen LogP contribution in [0.4, 0.5) is 17.2 Å². The van der Waals surface area contributed by atoms with Crippen molar-refractivity contribution < 1.29 is 14.3 Å². The standard InChI is InChI=1S/C19H18N4O3/c1-3-26-19(25)18-22-16-10-5-4-9-15(16)17(23-18)21-14-8-6-7-13(11-14)20-12(2)24/h4-11H,3H2,1-2H3,(H,20,24)(H,21,22,23). The van der Waals surface area contributed by atoms with E-state index in [1.54, 1.807) is 25.1 Å². The van der Waals surface area contributed by atoms with Gasteiger partial charge in [0.05, 0.1) is 12.1 Å². The Morgan fingerprint density at radius 2 is 1.81 bits per heavy atom. The van der Waals surface area contributed by atoms with E-state index in [1.165, 1.54) is 6.92 Å². The molecule has 1 heterocycles. The number of nitrogens with one attached hydrogen (secondary N) is 2. The van der Waals surface area contributed by atoms with Crippen LogP contribution >= 0.6 is 0 Å². The molecule has 3 aromatic rings. The van der Waals surface area contributed by atoms with Crippen molar-refractivity contribution in [3.8, 4) is 0 Å². The van der Waals surface area contributed by atoms with Crippen LogP contribution in [0.25, 0.3) is 10.9 Å². The second-order valence-corrected chi connectivity index (χ2v) is 5.52. The van der Waals surface area contributed by atoms with Gasteiger partial charge in [-0.05, 0) is 37.3 Å². The molecule has 0 saturated carbocycles. The lowest BCUT2D eigenvalue weighted by Gasteiger charge is -2.11. The molecule has 1 amide bonds. The van der Waals surface area contributed by atoms with E-state index in [2.05, 4.69) is 20.6 Å². The summed E-state index contributed by atoms with van der Waals surface area (Å²) >= 11 is 0. The SMILES string of the molecule is CCOC(=O)c1nc(Nc2cccc(NC(C)=O)c2)c2ccccc2n1. The number of hydrogen-bond acceptors (Lipinski definition) is 6. The van der Waals surface area contributed by atoms with Crippen molar-refractivity contribution in [3.05, 3.63) is 54.4 Å². The van der Waals surface area contributed by atoms with Crippen molar-refractivity contribution in [2.24, 2.45) is 0 Å². The summed E-state index contributed by atoms with van der Waals surface area (Å²) in [5.74, 6) is -0.253. The molecular weight excluding hydrogens is 332 g/mol. The lowest BCUT2D eigenvalue weighted by Crippen LogP contribution is -2.11. The van der Waals surface area contributed by atoms with Gasteiger partial charge in [-0.15, -0.1) is 0 Å². The van der Waals surface area contributed by atoms with Crippen LogP contribution in [0.5, 0.6) is 0 Å². The summed E-state index contributed by atoms with van der Waals surface area (Å²) < 4.78 is 5.01. The van der Waals surface area contributed by atoms with Gasteiger partial charge in [-0.25, -0.2) is 14.8 Å². The molecule has 26 heavy (non-hydrogen) atoms. The monoisotopic (exact) mass is 350 g/mol. The van der Waals surface area contributed by atoms with Gasteiger partial charge in [-0.3, -0.25) is 4.79 Å². The van der Waals surface area contributed by atoms with E-state index in [0.717, 1.165) is 11.1 Å². The number of anilines is 3. The number of carbonyl (C=O) groups is 2. The zero-order chi connectivity index (χ0) is 18.5. The third-order valence-corrected chi connectivity index (χ3v) is 3.51. The van der Waals surface area contributed by atoms with Gasteiger partial charge in [0.1, 0.15) is 5.82 Å². The number of ether oxygens (including phenoxy) is 1. The third kappa shape index (κ3) is 3.94. The molecular formula is C19H18N4O3. The van der Waals surface area contributed by atoms with E-state index in [1.807, 2.05) is 30.3 Å². The predicted octanol–water partition coefficient (Wildman–Crippen LogP) is 3.51. The van der Waals surface area contributed by atoms with Crippen LogP contribution in [0.2, 0.25) is 0 Å². The summed E-state index contributed by atoms with van der Waals surface area (Å²) in [6.07, 6.45) is 0. The molecule has 0 aliphatic rings. The second kappa shape index (κ2) is 7.60. The first kappa shape index (κ1) is 17.3. The van der Waals surface area contributed by atoms with E-state index in [-0.39, 0.29) is 18.3 Å². The van der Waals surface area contributed by atoms with Crippen LogP contribution in [-0.2, 0) is 9.53 Å². The molecule has 0 saturated heterocycles. The number of rotatable bonds is 5. The molecule has 7 heteroatoms. The quantitative estimate of drug-likeness (QED) is 0.684. The first-order valence-corrected chi connectivity index (χ1v) is 8.15. The molecule has 0 aliphatic heterocycles. The van der Waals surface area contributed by atoms with Crippen molar-refractivity contribution in [1.82, 2.24) is 9.97 Å². The van der Waals surface area contributed by atoms with Crippen molar-refractivity contribution in [1.29, 1.82) is 0 Å². The fourth-order valence-corrected chi connectivity index (χ4v) is 2.47. The third-order valence-electron chi connectivity index (χ3n) is 3.51. The van der Waals surface area contributed by atoms with Gasteiger partial charge in [0.2, 0.25) is 11.7 Å². The number of esters is 1. The molecule has 0 unspecified atom stereocenters. The van der Waals surface area contributed by atoms with Gasteiger partial charge in [-0.2, -0.15) is 0 Å². The van der Waals surface area contributed by atoms with Crippen LogP contribution in [0, 0.1) is 0 Å². The number of para-hydroxylation sites is 1. The first-order valence-electron chi connectivity index (χ1n) is 8.15. The highest BCUT2D eigenvalue weighted by Gasteiger charge is 2.15. The van der Waals surface area contributed by atoms with Crippen LogP contribution < -0.4 is 10.6 Å². The molecule has 3 rings (SSSR count). The Morgan fingerprint density at radius 3 is 2.58 bits per heavy atom. The van der Waals surface area contributed by atoms with E-state index in [0.29, 0.717) is 17.0 Å². The normalized spacial score (nSPS) is 10.4. The molecule has 1 aromatic heterocycles. The molecule has 0 radical (unpaired) electrons. The molecule has 0 atom stereocenters. The van der Waals surface area contributed by atoms with Crippen molar-refractivity contribution in [2.45, 2.75) is 13.8 Å². The van der Waals surface area contributed by atoms with Gasteiger partial charge in [0.15, 0.2) is 0 Å². The summed E-state index contributed by atoms with van der Waals surface area (Å²) in [7, 11) is 0. The Kier molecular flexibility index (Phi) is 5.07. The van der Waals surface area contributed by atoms with Crippen LogP contribution in [0.1, 0.15) is 24.5 Å². The smallest absolute Gasteiger partial charge is 0.376 e. The zero-order valence-corrected chi connectivity index (χ0v) is 14.4. The molecule has 2 aromatic carbocycles. The average Bonchev–Trinajstić information content (AvgIpc) is 2.61. The summed E-state index contributed by atoms with van der Waals surface area (Å²) in [5, 5.41) is 6.69. The number of aromatic nitrogens is 2. The summed E-state index contributed by atoms with van der Waals surface area (Å²) in [6.45, 7) is 3.42. The molecule has 0 fully saturated rings. The van der Waals surface area contributed by atoms with Crippen molar-refractivity contribution in [3.63, 3.8) is 0 Å². The summed E-state index contributed by atoms with van der Waals surface area (Å²) in [6, 6.07) is 14.6. The van der Waals surface area contributed by atoms with Crippen LogP contribution in [-0.4, -0.2) is 28.5 Å². The molecule has 2 N–H and O–H groups in total. The van der Waals surface area contributed by atoms with E-state index >= 15 is 0 Å². The number of hydrogen-bond donors (Lipinski definition) is 2. The lowest BCUT2D eigenvalue weighted by molar-refractivity contribution is -0.114. The Bertz CT molecular complexity index is 972. The van der Waals surface area contributed by atoms with Crippen molar-refractivity contribution in [2.75, 3.05) is 17.2 Å². The minimum Gasteiger partial charge on any atom is -0.460 e. The summed E-state index contributed by atoms with van der Waals surface area (Å²) in [4.78, 5) is 31.9. The van der Waals surface area contributed by atoms with E-state index in [4.69, 9.17) is 4.74 Å². The van der Waals surface area contributed by atoms with E-state index in [9.17, 15) is 9.59 Å². The second-order valence-electron chi connectivity index (χ2n) is 5.52. The minimum atomic E-state index is -0.576. The molecule has 7 nitrogen and oxygen atoms in total. The van der Waals surface area contributed by atoms with E-state index < -0.39 is 5.97 Å². The maximum absolute atomic E-state index is 12.0. The fraction of sp³-hybridized carbons (Fsp3) is 0.158. The molecule has 0 spiro atoms. The Morgan fingerprint density at radius 1 is 1.04 bits per heavy atom. The maximum Gasteiger partial charge on any atom is 0.376 e. The highest BCUT2D eigenvalue weighted by molar-refractivity contribution is 5.95. The predicted molar refractivity (Wildman–Crippen MR) is 99.5 cm³/mol. The maximum atomic E-state index is 12.0. The van der Waals surface area contributed by atoms with Gasteiger partial charge in [-0.1, -0.05) is 18.2 Å². The van der Waals surface area contributed by atoms with Gasteiger partial charge in [0, 0.05) is 23.7 Å². The number of amides is 1. The highest BCUT2D eigenvalue weighted by Crippen LogP contribution is 2.25. The number of benzene rings is 2. The number of nitrogens with zero attached hydrogens (tertiary/aromatic N) is 2. The van der Waals surface area contributed by atoms with Crippen molar-refractivity contribution >= 4 is 40.0 Å². The largest absolute Gasteiger partial charge is 0.460 e. The highest BCUT2D eigenvalue weighted by atomic mass is 16.5. The fourth-order valence-electron chi connectivity index (χ4n) is 2.47. The average molecular weight is 350 g/mol. The van der Waals surface area contributed by atoms with Gasteiger partial charge in [0.25, 0.3) is 0 Å². The number of carbonyl (C=O) groups excluding carboxylic acids is 2. The molecule has 132 valence electrons. The zero-order valence-electron chi connectivity index (χ0n) is 14.4. The summed E-state index contributed by atoms with van der Waals surface area (Å²) in [5.41, 5.74) is 2.01.